The zero-order valence-corrected chi connectivity index (χ0v) is 37.6. The van der Waals surface area contributed by atoms with Gasteiger partial charge in [0.2, 0.25) is 5.91 Å². The van der Waals surface area contributed by atoms with E-state index in [2.05, 4.69) is 28.9 Å². The van der Waals surface area contributed by atoms with Crippen LogP contribution in [-0.4, -0.2) is 67.7 Å². The van der Waals surface area contributed by atoms with E-state index in [1.807, 2.05) is 30.3 Å². The Hall–Kier alpha value is -9.78. The Morgan fingerprint density at radius 3 is 1.22 bits per heavy atom. The first-order valence-electron chi connectivity index (χ1n) is 21.2. The van der Waals surface area contributed by atoms with E-state index >= 15 is 0 Å². The summed E-state index contributed by atoms with van der Waals surface area (Å²) in [4.78, 5) is 71.0. The number of benzene rings is 6. The number of aromatic hydroxyl groups is 4. The molecular formula is C54H45N3O15. The summed E-state index contributed by atoms with van der Waals surface area (Å²) in [7, 11) is 0. The highest BCUT2D eigenvalue weighted by Gasteiger charge is 2.55. The monoisotopic (exact) mass is 975 g/mol. The van der Waals surface area contributed by atoms with Gasteiger partial charge < -0.3 is 49.9 Å². The van der Waals surface area contributed by atoms with Crippen molar-refractivity contribution in [3.63, 3.8) is 0 Å². The topological polar surface area (TPSA) is 271 Å². The molecule has 0 unspecified atom stereocenters. The van der Waals surface area contributed by atoms with Gasteiger partial charge in [-0.1, -0.05) is 56.2 Å². The molecule has 6 aromatic rings. The Balaban J connectivity index is 0.000000169. The van der Waals surface area contributed by atoms with Crippen LogP contribution >= 0.6 is 0 Å². The smallest absolute Gasteiger partial charge is 0.340 e. The first-order chi connectivity index (χ1) is 34.0. The standard InChI is InChI=1S/2C20H12O5.C6H7NO4.C4H5NO.C3H5N.CH4/c2*21-11-5-7-15-17(9-11)24-18-10-12(22)6-8-16(18)20(15)14-4-2-1-3-13(14)19(23)25-20;1-4(8)11-7-5(9)2-3-6(7)10;1-3-5-4(2)6;1-2-3-4;/h2*1-10,21-22H;2-3H2,1H3;1H,2H3,(H,5,6);1H,3-4H2;1H4. The Kier molecular flexibility index (Phi) is 15.2. The molecule has 0 saturated carbocycles. The number of terminal acetylenes is 2. The highest BCUT2D eigenvalue weighted by molar-refractivity contribution is 6.01. The number of amides is 3. The quantitative estimate of drug-likeness (QED) is 0.0424. The Labute approximate surface area is 412 Å². The maximum absolute atomic E-state index is 12.5. The van der Waals surface area contributed by atoms with Crippen molar-refractivity contribution in [1.82, 2.24) is 10.4 Å². The van der Waals surface area contributed by atoms with Crippen molar-refractivity contribution in [1.29, 1.82) is 0 Å². The fraction of sp³-hybridized carbons (Fsp3) is 0.148. The third kappa shape index (κ3) is 9.74. The number of rotatable bonds is 1. The molecule has 1 saturated heterocycles. The minimum Gasteiger partial charge on any atom is -0.508 e. The molecule has 5 heterocycles. The Morgan fingerprint density at radius 2 is 0.944 bits per heavy atom. The van der Waals surface area contributed by atoms with Gasteiger partial charge in [-0.3, -0.25) is 19.7 Å². The van der Waals surface area contributed by atoms with Crippen LogP contribution in [0, 0.1) is 24.8 Å². The predicted octanol–water partition coefficient (Wildman–Crippen LogP) is 6.87. The molecule has 18 nitrogen and oxygen atoms in total. The van der Waals surface area contributed by atoms with Crippen LogP contribution in [0.3, 0.4) is 0 Å². The summed E-state index contributed by atoms with van der Waals surface area (Å²) in [5.41, 5.74) is 7.36. The molecule has 0 radical (unpaired) electrons. The van der Waals surface area contributed by atoms with Gasteiger partial charge in [0.05, 0.1) is 17.7 Å². The summed E-state index contributed by atoms with van der Waals surface area (Å²) in [6.45, 7) is 2.85. The molecule has 2 spiro atoms. The van der Waals surface area contributed by atoms with Crippen LogP contribution in [0.15, 0.2) is 121 Å². The number of fused-ring (bicyclic) bond motifs is 12. The van der Waals surface area contributed by atoms with Crippen LogP contribution in [0.4, 0.5) is 0 Å². The number of hydroxylamine groups is 2. The van der Waals surface area contributed by atoms with Crippen LogP contribution in [0.1, 0.15) is 88.2 Å². The van der Waals surface area contributed by atoms with E-state index in [0.29, 0.717) is 79.1 Å². The number of nitrogens with two attached hydrogens (primary N) is 1. The molecule has 5 aliphatic rings. The molecule has 366 valence electrons. The van der Waals surface area contributed by atoms with E-state index in [4.69, 9.17) is 24.7 Å². The fourth-order valence-electron chi connectivity index (χ4n) is 8.19. The number of ether oxygens (including phenoxy) is 4. The average molecular weight is 976 g/mol. The van der Waals surface area contributed by atoms with Crippen LogP contribution in [0.25, 0.3) is 0 Å². The summed E-state index contributed by atoms with van der Waals surface area (Å²) >= 11 is 0. The van der Waals surface area contributed by atoms with Gasteiger partial charge in [0.1, 0.15) is 46.0 Å². The third-order valence-corrected chi connectivity index (χ3v) is 11.0. The summed E-state index contributed by atoms with van der Waals surface area (Å²) in [5.74, 6) is 1.26. The third-order valence-electron chi connectivity index (χ3n) is 11.0. The molecule has 0 aliphatic carbocycles. The van der Waals surface area contributed by atoms with Crippen molar-refractivity contribution in [3.8, 4) is 70.8 Å². The minimum atomic E-state index is -1.17. The van der Waals surface area contributed by atoms with Gasteiger partial charge in [0, 0.05) is 90.4 Å². The molecule has 6 aromatic carbocycles. The van der Waals surface area contributed by atoms with Crippen molar-refractivity contribution < 1.29 is 73.0 Å². The fourth-order valence-corrected chi connectivity index (χ4v) is 8.19. The minimum absolute atomic E-state index is 0. The van der Waals surface area contributed by atoms with Crippen LogP contribution in [0.5, 0.6) is 46.0 Å². The first kappa shape index (κ1) is 51.6. The number of carbonyl (C=O) groups is 6. The van der Waals surface area contributed by atoms with Crippen LogP contribution < -0.4 is 20.5 Å². The molecule has 1 fully saturated rings. The molecular weight excluding hydrogens is 931 g/mol. The zero-order chi connectivity index (χ0) is 51.2. The van der Waals surface area contributed by atoms with Crippen molar-refractivity contribution in [2.24, 2.45) is 5.73 Å². The van der Waals surface area contributed by atoms with E-state index in [-0.39, 0.29) is 49.2 Å². The van der Waals surface area contributed by atoms with Gasteiger partial charge in [0.15, 0.2) is 11.2 Å². The number of hydrogen-bond donors (Lipinski definition) is 6. The van der Waals surface area contributed by atoms with Crippen molar-refractivity contribution in [3.05, 3.63) is 166 Å². The lowest BCUT2D eigenvalue weighted by Crippen LogP contribution is -2.32. The number of nitrogens with one attached hydrogen (secondary N) is 1. The normalized spacial score (nSPS) is 14.4. The molecule has 7 N–H and O–H groups in total. The molecule has 18 heteroatoms. The Bertz CT molecular complexity index is 2950. The molecule has 0 bridgehead atoms. The Morgan fingerprint density at radius 1 is 0.611 bits per heavy atom. The molecule has 0 atom stereocenters. The van der Waals surface area contributed by atoms with E-state index in [1.165, 1.54) is 55.5 Å². The van der Waals surface area contributed by atoms with Crippen molar-refractivity contribution >= 4 is 35.6 Å². The van der Waals surface area contributed by atoms with Gasteiger partial charge in [-0.2, -0.15) is 0 Å². The number of carbonyl (C=O) groups excluding carboxylic acids is 6. The lowest BCUT2D eigenvalue weighted by molar-refractivity contribution is -0.195. The number of esters is 2. The van der Waals surface area contributed by atoms with Gasteiger partial charge in [-0.15, -0.1) is 11.5 Å². The second kappa shape index (κ2) is 21.2. The van der Waals surface area contributed by atoms with Gasteiger partial charge in [-0.05, 0) is 60.7 Å². The number of hydrogen-bond acceptors (Lipinski definition) is 16. The summed E-state index contributed by atoms with van der Waals surface area (Å²) < 4.78 is 23.6. The van der Waals surface area contributed by atoms with Gasteiger partial charge in [-0.25, -0.2) is 14.4 Å². The second-order valence-corrected chi connectivity index (χ2v) is 15.6. The highest BCUT2D eigenvalue weighted by Crippen LogP contribution is 2.58. The van der Waals surface area contributed by atoms with Crippen LogP contribution in [0.2, 0.25) is 0 Å². The largest absolute Gasteiger partial charge is 0.508 e. The summed E-state index contributed by atoms with van der Waals surface area (Å²) in [6.07, 6.45) is 9.56. The van der Waals surface area contributed by atoms with E-state index in [0.717, 1.165) is 6.92 Å². The lowest BCUT2D eigenvalue weighted by atomic mass is 9.77. The van der Waals surface area contributed by atoms with E-state index in [1.54, 1.807) is 48.5 Å². The average Bonchev–Trinajstić information content (AvgIpc) is 3.93. The second-order valence-electron chi connectivity index (χ2n) is 15.6. The number of phenols is 4. The van der Waals surface area contributed by atoms with Gasteiger partial charge >= 0.3 is 17.9 Å². The number of imide groups is 1. The molecule has 0 aromatic heterocycles. The maximum atomic E-state index is 12.5. The molecule has 11 rings (SSSR count). The maximum Gasteiger partial charge on any atom is 0.340 e. The van der Waals surface area contributed by atoms with Gasteiger partial charge in [0.25, 0.3) is 11.8 Å². The highest BCUT2D eigenvalue weighted by atomic mass is 16.7. The SMILES string of the molecule is C.C#CCN.C#CNC(C)=O.CC(=O)ON1C(=O)CCC1=O.O=C1OC2(c3ccc(O)cc3Oc3cc(O)ccc32)c2ccccc21.O=C1OC2(c3ccc(O)cc3Oc3cc(O)ccc32)c2ccccc21. The summed E-state index contributed by atoms with van der Waals surface area (Å²) in [6, 6.07) is 35.1. The van der Waals surface area contributed by atoms with Crippen molar-refractivity contribution in [2.75, 3.05) is 6.54 Å². The van der Waals surface area contributed by atoms with E-state index in [9.17, 15) is 49.2 Å². The molecule has 3 amide bonds. The molecule has 72 heavy (non-hydrogen) atoms. The lowest BCUT2D eigenvalue weighted by Gasteiger charge is -2.36. The van der Waals surface area contributed by atoms with Crippen molar-refractivity contribution in [2.45, 2.75) is 45.3 Å². The number of nitrogens with zero attached hydrogens (tertiary/aromatic N) is 1. The first-order valence-corrected chi connectivity index (χ1v) is 21.2. The van der Waals surface area contributed by atoms with Crippen LogP contribution in [-0.2, 0) is 44.7 Å². The molecule has 5 aliphatic heterocycles. The zero-order valence-electron chi connectivity index (χ0n) is 37.6. The van der Waals surface area contributed by atoms with E-state index < -0.39 is 40.9 Å². The predicted molar refractivity (Wildman–Crippen MR) is 256 cm³/mol. The summed E-state index contributed by atoms with van der Waals surface area (Å²) in [5, 5.41) is 41.9. The number of phenolic OH excluding ortho intramolecular Hbond substituents is 4.